The smallest absolute Gasteiger partial charge is 0.410 e. The number of ether oxygens (including phenoxy) is 2. The van der Waals surface area contributed by atoms with Crippen molar-refractivity contribution in [3.8, 4) is 0 Å². The number of amides is 2. The highest BCUT2D eigenvalue weighted by Crippen LogP contribution is 2.15. The zero-order valence-electron chi connectivity index (χ0n) is 18.5. The van der Waals surface area contributed by atoms with Crippen molar-refractivity contribution in [2.24, 2.45) is 10.9 Å². The van der Waals surface area contributed by atoms with Gasteiger partial charge in [0.1, 0.15) is 12.1 Å². The lowest BCUT2D eigenvalue weighted by Crippen LogP contribution is -2.53. The van der Waals surface area contributed by atoms with Crippen LogP contribution >= 0.6 is 0 Å². The minimum Gasteiger partial charge on any atom is -0.444 e. The van der Waals surface area contributed by atoms with E-state index in [0.717, 1.165) is 39.0 Å². The molecule has 0 radical (unpaired) electrons. The lowest BCUT2D eigenvalue weighted by Gasteiger charge is -2.35. The minimum absolute atomic E-state index is 0.0526. The topological polar surface area (TPSA) is 95.5 Å². The molecule has 166 valence electrons. The first-order valence-corrected chi connectivity index (χ1v) is 10.4. The van der Waals surface area contributed by atoms with Crippen molar-refractivity contribution >= 4 is 18.0 Å². The van der Waals surface area contributed by atoms with Crippen LogP contribution in [0, 0.1) is 5.92 Å². The van der Waals surface area contributed by atoms with E-state index in [1.165, 1.54) is 4.90 Å². The standard InChI is InChI=1S/C20H37N5O4/c1-20(2,3)29-19(27)25-9-6-7-16(13-25)23-18(22-12-17(26)24(4)5)21-11-15-8-10-28-14-15/h15-16H,6-14H2,1-5H3,(H2,21,22,23). The van der Waals surface area contributed by atoms with E-state index in [0.29, 0.717) is 25.0 Å². The molecule has 0 spiro atoms. The van der Waals surface area contributed by atoms with E-state index in [-0.39, 0.29) is 24.6 Å². The van der Waals surface area contributed by atoms with Gasteiger partial charge in [-0.25, -0.2) is 9.79 Å². The molecule has 2 fully saturated rings. The first kappa shape index (κ1) is 23.3. The quantitative estimate of drug-likeness (QED) is 0.519. The third-order valence-electron chi connectivity index (χ3n) is 4.87. The molecule has 2 rings (SSSR count). The van der Waals surface area contributed by atoms with Crippen LogP contribution in [0.5, 0.6) is 0 Å². The minimum atomic E-state index is -0.512. The van der Waals surface area contributed by atoms with E-state index in [4.69, 9.17) is 9.47 Å². The van der Waals surface area contributed by atoms with Gasteiger partial charge in [-0.2, -0.15) is 0 Å². The molecule has 2 atom stereocenters. The number of rotatable bonds is 5. The fourth-order valence-electron chi connectivity index (χ4n) is 3.21. The maximum atomic E-state index is 12.4. The van der Waals surface area contributed by atoms with E-state index in [9.17, 15) is 9.59 Å². The molecule has 2 saturated heterocycles. The summed E-state index contributed by atoms with van der Waals surface area (Å²) in [7, 11) is 3.43. The normalized spacial score (nSPS) is 22.9. The Morgan fingerprint density at radius 2 is 2.03 bits per heavy atom. The van der Waals surface area contributed by atoms with Gasteiger partial charge in [0, 0.05) is 52.3 Å². The molecule has 0 aromatic carbocycles. The second-order valence-electron chi connectivity index (χ2n) is 8.97. The number of carbonyl (C=O) groups excluding carboxylic acids is 2. The lowest BCUT2D eigenvalue weighted by molar-refractivity contribution is -0.127. The van der Waals surface area contributed by atoms with Crippen LogP contribution in [-0.4, -0.2) is 92.9 Å². The summed E-state index contributed by atoms with van der Waals surface area (Å²) >= 11 is 0. The van der Waals surface area contributed by atoms with Gasteiger partial charge in [-0.05, 0) is 40.0 Å². The summed E-state index contributed by atoms with van der Waals surface area (Å²) in [4.78, 5) is 32.1. The molecule has 29 heavy (non-hydrogen) atoms. The monoisotopic (exact) mass is 411 g/mol. The summed E-state index contributed by atoms with van der Waals surface area (Å²) in [5.74, 6) is 0.980. The van der Waals surface area contributed by atoms with Crippen LogP contribution in [0.25, 0.3) is 0 Å². The van der Waals surface area contributed by atoms with Gasteiger partial charge >= 0.3 is 6.09 Å². The van der Waals surface area contributed by atoms with Crippen LogP contribution in [0.4, 0.5) is 4.79 Å². The predicted octanol–water partition coefficient (Wildman–Crippen LogP) is 1.05. The van der Waals surface area contributed by atoms with Crippen molar-refractivity contribution in [3.05, 3.63) is 0 Å². The van der Waals surface area contributed by atoms with Crippen LogP contribution in [0.2, 0.25) is 0 Å². The Bertz CT molecular complexity index is 582. The van der Waals surface area contributed by atoms with E-state index in [1.54, 1.807) is 19.0 Å². The molecule has 2 amide bonds. The Hall–Kier alpha value is -2.03. The zero-order chi connectivity index (χ0) is 21.4. The fourth-order valence-corrected chi connectivity index (χ4v) is 3.21. The number of aliphatic imine (C=N–C) groups is 1. The number of likely N-dealkylation sites (tertiary alicyclic amines) is 1. The number of likely N-dealkylation sites (N-methyl/N-ethyl adjacent to an activating group) is 1. The molecule has 2 unspecified atom stereocenters. The Kier molecular flexibility index (Phi) is 8.55. The molecule has 2 heterocycles. The average molecular weight is 412 g/mol. The van der Waals surface area contributed by atoms with Crippen LogP contribution in [0.1, 0.15) is 40.0 Å². The first-order valence-electron chi connectivity index (χ1n) is 10.4. The second-order valence-corrected chi connectivity index (χ2v) is 8.97. The lowest BCUT2D eigenvalue weighted by atomic mass is 10.1. The number of nitrogens with zero attached hydrogens (tertiary/aromatic N) is 3. The van der Waals surface area contributed by atoms with Crippen molar-refractivity contribution < 1.29 is 19.1 Å². The van der Waals surface area contributed by atoms with Crippen LogP contribution in [0.15, 0.2) is 4.99 Å². The maximum absolute atomic E-state index is 12.4. The number of hydrogen-bond donors (Lipinski definition) is 2. The Labute approximate surface area is 174 Å². The van der Waals surface area contributed by atoms with E-state index >= 15 is 0 Å². The number of nitrogens with one attached hydrogen (secondary N) is 2. The molecule has 0 aromatic rings. The third kappa shape index (κ3) is 8.47. The Balaban J connectivity index is 1.95. The first-order chi connectivity index (χ1) is 13.6. The van der Waals surface area contributed by atoms with E-state index in [2.05, 4.69) is 15.6 Å². The molecule has 9 heteroatoms. The molecule has 0 saturated carbocycles. The third-order valence-corrected chi connectivity index (χ3v) is 4.87. The second kappa shape index (κ2) is 10.7. The average Bonchev–Trinajstić information content (AvgIpc) is 3.16. The summed E-state index contributed by atoms with van der Waals surface area (Å²) < 4.78 is 10.9. The number of hydrogen-bond acceptors (Lipinski definition) is 5. The van der Waals surface area contributed by atoms with Crippen molar-refractivity contribution in [2.75, 3.05) is 53.5 Å². The molecule has 2 N–H and O–H groups in total. The van der Waals surface area contributed by atoms with Gasteiger partial charge in [-0.3, -0.25) is 4.79 Å². The van der Waals surface area contributed by atoms with Gasteiger partial charge in [0.25, 0.3) is 0 Å². The Morgan fingerprint density at radius 3 is 2.66 bits per heavy atom. The summed E-state index contributed by atoms with van der Waals surface area (Å²) in [5.41, 5.74) is -0.512. The van der Waals surface area contributed by atoms with Gasteiger partial charge < -0.3 is 29.9 Å². The summed E-state index contributed by atoms with van der Waals surface area (Å²) in [6.45, 7) is 9.19. The van der Waals surface area contributed by atoms with E-state index in [1.807, 2.05) is 20.8 Å². The Morgan fingerprint density at radius 1 is 1.28 bits per heavy atom. The molecule has 0 aromatic heterocycles. The SMILES string of the molecule is CN(C)C(=O)CN=C(NCC1CCOC1)NC1CCCN(C(=O)OC(C)(C)C)C1. The van der Waals surface area contributed by atoms with Crippen molar-refractivity contribution in [1.82, 2.24) is 20.4 Å². The van der Waals surface area contributed by atoms with E-state index < -0.39 is 5.60 Å². The van der Waals surface area contributed by atoms with Crippen LogP contribution < -0.4 is 10.6 Å². The molecule has 0 bridgehead atoms. The van der Waals surface area contributed by atoms with Crippen LogP contribution in [0.3, 0.4) is 0 Å². The van der Waals surface area contributed by atoms with Crippen molar-refractivity contribution in [2.45, 2.75) is 51.7 Å². The number of piperidine rings is 1. The fraction of sp³-hybridized carbons (Fsp3) is 0.850. The van der Waals surface area contributed by atoms with Gasteiger partial charge in [-0.1, -0.05) is 0 Å². The predicted molar refractivity (Wildman–Crippen MR) is 112 cm³/mol. The van der Waals surface area contributed by atoms with Gasteiger partial charge in [-0.15, -0.1) is 0 Å². The maximum Gasteiger partial charge on any atom is 0.410 e. The van der Waals surface area contributed by atoms with Gasteiger partial charge in [0.2, 0.25) is 5.91 Å². The van der Waals surface area contributed by atoms with Crippen molar-refractivity contribution in [1.29, 1.82) is 0 Å². The molecular weight excluding hydrogens is 374 g/mol. The molecule has 0 aliphatic carbocycles. The molecule has 9 nitrogen and oxygen atoms in total. The summed E-state index contributed by atoms with van der Waals surface area (Å²) in [5, 5.41) is 6.74. The molecule has 2 aliphatic rings. The van der Waals surface area contributed by atoms with Crippen molar-refractivity contribution in [3.63, 3.8) is 0 Å². The highest BCUT2D eigenvalue weighted by Gasteiger charge is 2.28. The largest absolute Gasteiger partial charge is 0.444 e. The summed E-state index contributed by atoms with van der Waals surface area (Å²) in [6, 6.07) is 0.0526. The van der Waals surface area contributed by atoms with Gasteiger partial charge in [0.15, 0.2) is 5.96 Å². The highest BCUT2D eigenvalue weighted by molar-refractivity contribution is 5.85. The number of carbonyl (C=O) groups is 2. The van der Waals surface area contributed by atoms with Crippen LogP contribution in [-0.2, 0) is 14.3 Å². The molecular formula is C20H37N5O4. The highest BCUT2D eigenvalue weighted by atomic mass is 16.6. The van der Waals surface area contributed by atoms with Gasteiger partial charge in [0.05, 0.1) is 6.61 Å². The zero-order valence-corrected chi connectivity index (χ0v) is 18.5. The molecule has 2 aliphatic heterocycles. The number of guanidine groups is 1. The summed E-state index contributed by atoms with van der Waals surface area (Å²) in [6.07, 6.45) is 2.54.